The summed E-state index contributed by atoms with van der Waals surface area (Å²) < 4.78 is 0. The molecule has 0 unspecified atom stereocenters. The molecule has 1 aromatic heterocycles. The minimum atomic E-state index is 0.192. The maximum Gasteiger partial charge on any atom is 0.255 e. The average Bonchev–Trinajstić information content (AvgIpc) is 3.06. The van der Waals surface area contributed by atoms with Crippen LogP contribution in [0, 0.1) is 0 Å². The van der Waals surface area contributed by atoms with Crippen molar-refractivity contribution in [3.8, 4) is 0 Å². The number of nitrogens with one attached hydrogen (secondary N) is 2. The van der Waals surface area contributed by atoms with E-state index in [2.05, 4.69) is 40.6 Å². The van der Waals surface area contributed by atoms with Gasteiger partial charge in [-0.25, -0.2) is 0 Å². The first-order valence-corrected chi connectivity index (χ1v) is 8.57. The van der Waals surface area contributed by atoms with Gasteiger partial charge in [-0.05, 0) is 29.9 Å². The molecule has 0 spiro atoms. The van der Waals surface area contributed by atoms with Crippen LogP contribution in [0.1, 0.15) is 45.9 Å². The Hall–Kier alpha value is -2.07. The number of nitrogens with zero attached hydrogens (tertiary/aromatic N) is 1. The maximum absolute atomic E-state index is 12.9. The van der Waals surface area contributed by atoms with Crippen LogP contribution in [0.2, 0.25) is 0 Å². The quantitative estimate of drug-likeness (QED) is 0.896. The van der Waals surface area contributed by atoms with Gasteiger partial charge >= 0.3 is 0 Å². The first-order chi connectivity index (χ1) is 11.3. The predicted octanol–water partition coefficient (Wildman–Crippen LogP) is 2.68. The number of fused-ring (bicyclic) bond motifs is 1. The molecule has 4 nitrogen and oxygen atoms in total. The van der Waals surface area contributed by atoms with Crippen LogP contribution in [-0.4, -0.2) is 35.4 Å². The van der Waals surface area contributed by atoms with Crippen molar-refractivity contribution in [3.63, 3.8) is 0 Å². The molecule has 0 atom stereocenters. The van der Waals surface area contributed by atoms with E-state index in [0.29, 0.717) is 5.92 Å². The molecule has 120 valence electrons. The van der Waals surface area contributed by atoms with Gasteiger partial charge in [-0.15, -0.1) is 0 Å². The number of carbonyl (C=O) groups is 1. The van der Waals surface area contributed by atoms with E-state index in [4.69, 9.17) is 0 Å². The molecular weight excluding hydrogens is 286 g/mol. The zero-order valence-corrected chi connectivity index (χ0v) is 13.3. The highest BCUT2D eigenvalue weighted by atomic mass is 16.2. The third-order valence-corrected chi connectivity index (χ3v) is 5.22. The van der Waals surface area contributed by atoms with Crippen LogP contribution in [0.5, 0.6) is 0 Å². The number of hydrogen-bond donors (Lipinski definition) is 2. The number of hydrogen-bond acceptors (Lipinski definition) is 2. The van der Waals surface area contributed by atoms with Crippen LogP contribution in [0.25, 0.3) is 0 Å². The standard InChI is InChI=1S/C19H23N3O/c23-19(17-13-21-18-6-9-20-12-16(17)18)22-10-7-15(8-11-22)14-4-2-1-3-5-14/h1-5,13,15,20-21H,6-12H2. The summed E-state index contributed by atoms with van der Waals surface area (Å²) in [5, 5.41) is 3.36. The monoisotopic (exact) mass is 309 g/mol. The Balaban J connectivity index is 1.44. The predicted molar refractivity (Wildman–Crippen MR) is 90.5 cm³/mol. The van der Waals surface area contributed by atoms with E-state index in [1.54, 1.807) is 0 Å². The van der Waals surface area contributed by atoms with E-state index >= 15 is 0 Å². The molecular formula is C19H23N3O. The number of amides is 1. The van der Waals surface area contributed by atoms with Crippen LogP contribution in [0.15, 0.2) is 36.5 Å². The lowest BCUT2D eigenvalue weighted by molar-refractivity contribution is 0.0712. The molecule has 2 N–H and O–H groups in total. The van der Waals surface area contributed by atoms with Gasteiger partial charge in [0.15, 0.2) is 0 Å². The summed E-state index contributed by atoms with van der Waals surface area (Å²) in [6.45, 7) is 3.50. The summed E-state index contributed by atoms with van der Waals surface area (Å²) in [6, 6.07) is 10.7. The van der Waals surface area contributed by atoms with Crippen LogP contribution >= 0.6 is 0 Å². The highest BCUT2D eigenvalue weighted by Gasteiger charge is 2.27. The first-order valence-electron chi connectivity index (χ1n) is 8.57. The summed E-state index contributed by atoms with van der Waals surface area (Å²) >= 11 is 0. The highest BCUT2D eigenvalue weighted by molar-refractivity contribution is 5.96. The van der Waals surface area contributed by atoms with Crippen LogP contribution < -0.4 is 5.32 Å². The van der Waals surface area contributed by atoms with Gasteiger partial charge in [-0.1, -0.05) is 30.3 Å². The molecule has 1 aromatic carbocycles. The fourth-order valence-electron chi connectivity index (χ4n) is 3.85. The number of rotatable bonds is 2. The number of H-pyrrole nitrogens is 1. The average molecular weight is 309 g/mol. The molecule has 23 heavy (non-hydrogen) atoms. The highest BCUT2D eigenvalue weighted by Crippen LogP contribution is 2.29. The Morgan fingerprint density at radius 2 is 1.91 bits per heavy atom. The first kappa shape index (κ1) is 14.5. The number of benzene rings is 1. The molecule has 0 aliphatic carbocycles. The lowest BCUT2D eigenvalue weighted by atomic mass is 9.89. The van der Waals surface area contributed by atoms with Gasteiger partial charge in [0.2, 0.25) is 0 Å². The number of aromatic amines is 1. The normalized spacial score (nSPS) is 18.7. The summed E-state index contributed by atoms with van der Waals surface area (Å²) in [6.07, 6.45) is 5.00. The lowest BCUT2D eigenvalue weighted by Crippen LogP contribution is -2.38. The van der Waals surface area contributed by atoms with Gasteiger partial charge in [0.05, 0.1) is 5.56 Å². The third-order valence-electron chi connectivity index (χ3n) is 5.22. The molecule has 1 fully saturated rings. The van der Waals surface area contributed by atoms with Gasteiger partial charge in [0, 0.05) is 44.5 Å². The van der Waals surface area contributed by atoms with Crippen molar-refractivity contribution < 1.29 is 4.79 Å². The van der Waals surface area contributed by atoms with Crippen LogP contribution in [0.3, 0.4) is 0 Å². The molecule has 0 saturated carbocycles. The van der Waals surface area contributed by atoms with E-state index in [1.165, 1.54) is 16.8 Å². The minimum absolute atomic E-state index is 0.192. The Bertz CT molecular complexity index is 684. The minimum Gasteiger partial charge on any atom is -0.364 e. The molecule has 1 saturated heterocycles. The summed E-state index contributed by atoms with van der Waals surface area (Å²) in [5.74, 6) is 0.778. The van der Waals surface area contributed by atoms with E-state index in [9.17, 15) is 4.79 Å². The van der Waals surface area contributed by atoms with Crippen molar-refractivity contribution in [1.82, 2.24) is 15.2 Å². The van der Waals surface area contributed by atoms with Crippen molar-refractivity contribution in [2.75, 3.05) is 19.6 Å². The van der Waals surface area contributed by atoms with E-state index in [1.807, 2.05) is 11.1 Å². The molecule has 3 heterocycles. The number of likely N-dealkylation sites (tertiary alicyclic amines) is 1. The second-order valence-electron chi connectivity index (χ2n) is 6.56. The fourth-order valence-corrected chi connectivity index (χ4v) is 3.85. The van der Waals surface area contributed by atoms with Gasteiger partial charge in [-0.3, -0.25) is 4.79 Å². The largest absolute Gasteiger partial charge is 0.364 e. The van der Waals surface area contributed by atoms with Crippen molar-refractivity contribution in [3.05, 3.63) is 58.9 Å². The Labute approximate surface area is 136 Å². The van der Waals surface area contributed by atoms with Gasteiger partial charge in [-0.2, -0.15) is 0 Å². The van der Waals surface area contributed by atoms with Crippen LogP contribution in [0.4, 0.5) is 0 Å². The number of aromatic nitrogens is 1. The molecule has 2 aliphatic heterocycles. The van der Waals surface area contributed by atoms with Crippen molar-refractivity contribution in [1.29, 1.82) is 0 Å². The molecule has 1 amide bonds. The summed E-state index contributed by atoms with van der Waals surface area (Å²) in [7, 11) is 0. The molecule has 4 heteroatoms. The smallest absolute Gasteiger partial charge is 0.255 e. The fraction of sp³-hybridized carbons (Fsp3) is 0.421. The number of carbonyl (C=O) groups excluding carboxylic acids is 1. The second-order valence-corrected chi connectivity index (χ2v) is 6.56. The lowest BCUT2D eigenvalue weighted by Gasteiger charge is -2.32. The SMILES string of the molecule is O=C(c1c[nH]c2c1CNCC2)N1CCC(c2ccccc2)CC1. The molecule has 2 aromatic rings. The Morgan fingerprint density at radius 3 is 2.70 bits per heavy atom. The van der Waals surface area contributed by atoms with Crippen molar-refractivity contribution >= 4 is 5.91 Å². The topological polar surface area (TPSA) is 48.1 Å². The summed E-state index contributed by atoms with van der Waals surface area (Å²) in [5.41, 5.74) is 4.67. The van der Waals surface area contributed by atoms with Crippen molar-refractivity contribution in [2.24, 2.45) is 0 Å². The third kappa shape index (κ3) is 2.79. The zero-order chi connectivity index (χ0) is 15.6. The Morgan fingerprint density at radius 1 is 1.13 bits per heavy atom. The second kappa shape index (κ2) is 6.20. The van der Waals surface area contributed by atoms with E-state index in [0.717, 1.165) is 51.0 Å². The van der Waals surface area contributed by atoms with E-state index < -0.39 is 0 Å². The summed E-state index contributed by atoms with van der Waals surface area (Å²) in [4.78, 5) is 18.2. The molecule has 2 aliphatic rings. The molecule has 0 bridgehead atoms. The molecule has 0 radical (unpaired) electrons. The molecule has 4 rings (SSSR count). The van der Waals surface area contributed by atoms with Gasteiger partial charge in [0.1, 0.15) is 0 Å². The van der Waals surface area contributed by atoms with E-state index in [-0.39, 0.29) is 5.91 Å². The Kier molecular flexibility index (Phi) is 3.92. The van der Waals surface area contributed by atoms with Crippen LogP contribution in [-0.2, 0) is 13.0 Å². The van der Waals surface area contributed by atoms with Gasteiger partial charge in [0.25, 0.3) is 5.91 Å². The van der Waals surface area contributed by atoms with Gasteiger partial charge < -0.3 is 15.2 Å². The number of piperidine rings is 1. The zero-order valence-electron chi connectivity index (χ0n) is 13.3. The van der Waals surface area contributed by atoms with Crippen molar-refractivity contribution in [2.45, 2.75) is 31.7 Å². The maximum atomic E-state index is 12.9.